The van der Waals surface area contributed by atoms with Crippen LogP contribution in [0.25, 0.3) is 0 Å². The van der Waals surface area contributed by atoms with E-state index in [-0.39, 0.29) is 23.7 Å². The Hall–Kier alpha value is -3.03. The Morgan fingerprint density at radius 2 is 1.93 bits per heavy atom. The van der Waals surface area contributed by atoms with Crippen LogP contribution < -0.4 is 4.90 Å². The summed E-state index contributed by atoms with van der Waals surface area (Å²) in [6.45, 7) is 2.69. The maximum absolute atomic E-state index is 12.8. The Labute approximate surface area is 169 Å². The number of rotatable bonds is 7. The molecule has 152 valence electrons. The van der Waals surface area contributed by atoms with Gasteiger partial charge < -0.3 is 14.9 Å². The van der Waals surface area contributed by atoms with E-state index in [1.54, 1.807) is 30.9 Å². The number of hydrogen-bond donors (Lipinski definition) is 1. The molecular weight excluding hydrogens is 370 g/mol. The summed E-state index contributed by atoms with van der Waals surface area (Å²) in [6.07, 6.45) is 8.72. The van der Waals surface area contributed by atoms with E-state index in [1.165, 1.54) is 0 Å². The number of amides is 1. The van der Waals surface area contributed by atoms with Gasteiger partial charge in [0.15, 0.2) is 0 Å². The number of aliphatic carboxylic acids is 1. The van der Waals surface area contributed by atoms with Gasteiger partial charge >= 0.3 is 5.97 Å². The van der Waals surface area contributed by atoms with Crippen LogP contribution in [0.3, 0.4) is 0 Å². The minimum atomic E-state index is -0.797. The van der Waals surface area contributed by atoms with Crippen LogP contribution in [0.15, 0.2) is 43.0 Å². The molecule has 2 aliphatic heterocycles. The van der Waals surface area contributed by atoms with Gasteiger partial charge in [0.05, 0.1) is 0 Å². The quantitative estimate of drug-likeness (QED) is 0.761. The minimum Gasteiger partial charge on any atom is -0.481 e. The molecule has 0 aliphatic carbocycles. The number of aryl methyl sites for hydroxylation is 1. The molecule has 2 fully saturated rings. The normalized spacial score (nSPS) is 23.2. The maximum atomic E-state index is 12.8. The van der Waals surface area contributed by atoms with Crippen LogP contribution in [0.1, 0.15) is 24.8 Å². The minimum absolute atomic E-state index is 0.109. The van der Waals surface area contributed by atoms with Crippen molar-refractivity contribution in [1.29, 1.82) is 0 Å². The molecule has 2 unspecified atom stereocenters. The Morgan fingerprint density at radius 3 is 2.66 bits per heavy atom. The first kappa shape index (κ1) is 19.3. The summed E-state index contributed by atoms with van der Waals surface area (Å²) >= 11 is 0. The molecule has 4 rings (SSSR count). The van der Waals surface area contributed by atoms with Crippen molar-refractivity contribution in [1.82, 2.24) is 19.9 Å². The van der Waals surface area contributed by atoms with Crippen molar-refractivity contribution >= 4 is 17.8 Å². The summed E-state index contributed by atoms with van der Waals surface area (Å²) in [5, 5.41) is 9.23. The van der Waals surface area contributed by atoms with E-state index >= 15 is 0 Å². The van der Waals surface area contributed by atoms with Gasteiger partial charge in [0, 0.05) is 75.1 Å². The number of carboxylic acids is 1. The molecule has 0 radical (unpaired) electrons. The number of carbonyl (C=O) groups is 2. The van der Waals surface area contributed by atoms with Crippen molar-refractivity contribution in [3.63, 3.8) is 0 Å². The molecule has 8 nitrogen and oxygen atoms in total. The zero-order valence-corrected chi connectivity index (χ0v) is 16.3. The van der Waals surface area contributed by atoms with Gasteiger partial charge in [0.25, 0.3) is 0 Å². The third kappa shape index (κ3) is 4.21. The Bertz CT molecular complexity index is 863. The zero-order chi connectivity index (χ0) is 20.3. The van der Waals surface area contributed by atoms with Gasteiger partial charge in [-0.05, 0) is 30.5 Å². The fourth-order valence-corrected chi connectivity index (χ4v) is 4.64. The smallest absolute Gasteiger partial charge is 0.303 e. The number of fused-ring (bicyclic) bond motifs is 1. The first-order valence-electron chi connectivity index (χ1n) is 9.96. The van der Waals surface area contributed by atoms with Crippen molar-refractivity contribution in [2.45, 2.75) is 25.7 Å². The predicted molar refractivity (Wildman–Crippen MR) is 106 cm³/mol. The molecule has 2 saturated heterocycles. The molecule has 8 heteroatoms. The summed E-state index contributed by atoms with van der Waals surface area (Å²) < 4.78 is 0. The van der Waals surface area contributed by atoms with Gasteiger partial charge in [0.1, 0.15) is 0 Å². The van der Waals surface area contributed by atoms with Crippen LogP contribution in [0.2, 0.25) is 0 Å². The average Bonchev–Trinajstić information content (AvgIpc) is 3.27. The Kier molecular flexibility index (Phi) is 5.42. The highest BCUT2D eigenvalue weighted by molar-refractivity contribution is 5.77. The molecule has 1 amide bonds. The second-order valence-electron chi connectivity index (χ2n) is 8.02. The fraction of sp³-hybridized carbons (Fsp3) is 0.476. The standard InChI is InChI=1S/C21H25N5O3/c27-18(5-4-16-3-1-8-22-11-16)25-12-17-13-26(20-23-9-2-10-24-20)15-21(17,14-25)7-6-19(28)29/h1-3,8-11,17H,4-7,12-15H2,(H,28,29). The lowest BCUT2D eigenvalue weighted by Crippen LogP contribution is -2.37. The average molecular weight is 395 g/mol. The highest BCUT2D eigenvalue weighted by atomic mass is 16.4. The summed E-state index contributed by atoms with van der Waals surface area (Å²) in [7, 11) is 0. The van der Waals surface area contributed by atoms with Crippen LogP contribution >= 0.6 is 0 Å². The SMILES string of the molecule is O=C(O)CCC12CN(C(=O)CCc3cccnc3)CC1CN(c1ncccn1)C2. The number of hydrogen-bond acceptors (Lipinski definition) is 6. The third-order valence-electron chi connectivity index (χ3n) is 6.13. The summed E-state index contributed by atoms with van der Waals surface area (Å²) in [6, 6.07) is 5.63. The number of carboxylic acid groups (broad SMARTS) is 1. The Morgan fingerprint density at radius 1 is 1.10 bits per heavy atom. The largest absolute Gasteiger partial charge is 0.481 e. The summed E-state index contributed by atoms with van der Waals surface area (Å²) in [5.41, 5.74) is 0.829. The van der Waals surface area contributed by atoms with Gasteiger partial charge in [0.2, 0.25) is 11.9 Å². The molecule has 2 aliphatic rings. The third-order valence-corrected chi connectivity index (χ3v) is 6.13. The zero-order valence-electron chi connectivity index (χ0n) is 16.3. The maximum Gasteiger partial charge on any atom is 0.303 e. The number of aromatic nitrogens is 3. The van der Waals surface area contributed by atoms with E-state index in [2.05, 4.69) is 19.9 Å². The second-order valence-corrected chi connectivity index (χ2v) is 8.02. The molecule has 0 saturated carbocycles. The number of pyridine rings is 1. The van der Waals surface area contributed by atoms with Gasteiger partial charge in [-0.3, -0.25) is 14.6 Å². The molecule has 1 N–H and O–H groups in total. The first-order valence-corrected chi connectivity index (χ1v) is 9.96. The topological polar surface area (TPSA) is 99.5 Å². The monoisotopic (exact) mass is 395 g/mol. The first-order chi connectivity index (χ1) is 14.1. The van der Waals surface area contributed by atoms with E-state index in [4.69, 9.17) is 0 Å². The lowest BCUT2D eigenvalue weighted by molar-refractivity contribution is -0.137. The van der Waals surface area contributed by atoms with E-state index < -0.39 is 5.97 Å². The van der Waals surface area contributed by atoms with Crippen molar-refractivity contribution in [2.24, 2.45) is 11.3 Å². The Balaban J connectivity index is 1.44. The van der Waals surface area contributed by atoms with Crippen LogP contribution in [0.5, 0.6) is 0 Å². The molecule has 0 bridgehead atoms. The molecule has 2 atom stereocenters. The van der Waals surface area contributed by atoms with Crippen LogP contribution in [-0.2, 0) is 16.0 Å². The number of anilines is 1. The molecule has 0 aromatic carbocycles. The van der Waals surface area contributed by atoms with E-state index in [1.807, 2.05) is 17.0 Å². The highest BCUT2D eigenvalue weighted by Gasteiger charge is 2.53. The highest BCUT2D eigenvalue weighted by Crippen LogP contribution is 2.46. The van der Waals surface area contributed by atoms with Crippen molar-refractivity contribution in [3.8, 4) is 0 Å². The second kappa shape index (κ2) is 8.14. The van der Waals surface area contributed by atoms with Crippen LogP contribution in [-0.4, -0.2) is 63.0 Å². The van der Waals surface area contributed by atoms with Gasteiger partial charge in [-0.1, -0.05) is 6.07 Å². The fourth-order valence-electron chi connectivity index (χ4n) is 4.64. The summed E-state index contributed by atoms with van der Waals surface area (Å²) in [4.78, 5) is 40.9. The van der Waals surface area contributed by atoms with Gasteiger partial charge in [-0.15, -0.1) is 0 Å². The predicted octanol–water partition coefficient (Wildman–Crippen LogP) is 1.63. The van der Waals surface area contributed by atoms with Crippen molar-refractivity contribution in [2.75, 3.05) is 31.1 Å². The van der Waals surface area contributed by atoms with Crippen molar-refractivity contribution in [3.05, 3.63) is 48.5 Å². The molecule has 2 aromatic rings. The number of likely N-dealkylation sites (tertiary alicyclic amines) is 1. The lowest BCUT2D eigenvalue weighted by atomic mass is 9.77. The summed E-state index contributed by atoms with van der Waals surface area (Å²) in [5.74, 6) is 0.230. The van der Waals surface area contributed by atoms with E-state index in [9.17, 15) is 14.7 Å². The molecular formula is C21H25N5O3. The van der Waals surface area contributed by atoms with Crippen molar-refractivity contribution < 1.29 is 14.7 Å². The molecule has 29 heavy (non-hydrogen) atoms. The van der Waals surface area contributed by atoms with Gasteiger partial charge in [-0.25, -0.2) is 9.97 Å². The van der Waals surface area contributed by atoms with E-state index in [0.717, 1.165) is 12.1 Å². The van der Waals surface area contributed by atoms with E-state index in [0.29, 0.717) is 44.8 Å². The molecule has 2 aromatic heterocycles. The molecule has 0 spiro atoms. The van der Waals surface area contributed by atoms with Gasteiger partial charge in [-0.2, -0.15) is 0 Å². The van der Waals surface area contributed by atoms with Crippen LogP contribution in [0.4, 0.5) is 5.95 Å². The number of nitrogens with zero attached hydrogens (tertiary/aromatic N) is 5. The lowest BCUT2D eigenvalue weighted by Gasteiger charge is -2.29. The van der Waals surface area contributed by atoms with Crippen LogP contribution in [0, 0.1) is 11.3 Å². The number of carbonyl (C=O) groups excluding carboxylic acids is 1. The molecule has 4 heterocycles.